The summed E-state index contributed by atoms with van der Waals surface area (Å²) in [6.45, 7) is 3.15. The van der Waals surface area contributed by atoms with Crippen LogP contribution in [0.4, 0.5) is 0 Å². The molecule has 1 aromatic carbocycles. The third kappa shape index (κ3) is 3.30. The first-order chi connectivity index (χ1) is 8.58. The van der Waals surface area contributed by atoms with E-state index in [1.807, 2.05) is 6.92 Å². The van der Waals surface area contributed by atoms with Crippen LogP contribution < -0.4 is 0 Å². The third-order valence-corrected chi connectivity index (χ3v) is 3.84. The van der Waals surface area contributed by atoms with Crippen LogP contribution >= 0.6 is 0 Å². The van der Waals surface area contributed by atoms with E-state index in [4.69, 9.17) is 8.92 Å². The summed E-state index contributed by atoms with van der Waals surface area (Å²) >= 11 is 0. The summed E-state index contributed by atoms with van der Waals surface area (Å²) < 4.78 is 33.7. The van der Waals surface area contributed by atoms with Crippen molar-refractivity contribution in [2.75, 3.05) is 19.8 Å². The highest BCUT2D eigenvalue weighted by atomic mass is 32.2. The zero-order chi connectivity index (χ0) is 13.0. The summed E-state index contributed by atoms with van der Waals surface area (Å²) in [7, 11) is -3.68. The molecule has 0 unspecified atom stereocenters. The standard InChI is InChI=1S/C12H15NO4S/c1-10-2-4-11(5-3-10)18(14,15)17-8-6-12-13-7-9-16-12/h2-5H,6-9H2,1H3. The largest absolute Gasteiger partial charge is 0.479 e. The van der Waals surface area contributed by atoms with Crippen molar-refractivity contribution in [2.45, 2.75) is 18.2 Å². The van der Waals surface area contributed by atoms with Gasteiger partial charge in [0.1, 0.15) is 6.61 Å². The number of nitrogens with zero attached hydrogens (tertiary/aromatic N) is 1. The molecule has 1 heterocycles. The van der Waals surface area contributed by atoms with Gasteiger partial charge in [0.05, 0.1) is 18.0 Å². The van der Waals surface area contributed by atoms with E-state index in [2.05, 4.69) is 4.99 Å². The van der Waals surface area contributed by atoms with Gasteiger partial charge in [-0.2, -0.15) is 8.42 Å². The quantitative estimate of drug-likeness (QED) is 0.760. The second-order valence-corrected chi connectivity index (χ2v) is 5.58. The molecule has 0 saturated heterocycles. The maximum atomic E-state index is 11.8. The lowest BCUT2D eigenvalue weighted by Crippen LogP contribution is -2.11. The van der Waals surface area contributed by atoms with Crippen molar-refractivity contribution >= 4 is 16.0 Å². The van der Waals surface area contributed by atoms with E-state index in [1.165, 1.54) is 12.1 Å². The molecule has 0 fully saturated rings. The zero-order valence-corrected chi connectivity index (χ0v) is 10.9. The van der Waals surface area contributed by atoms with Crippen molar-refractivity contribution in [2.24, 2.45) is 4.99 Å². The molecule has 0 radical (unpaired) electrons. The molecule has 1 aliphatic rings. The molecule has 1 aromatic rings. The third-order valence-electron chi connectivity index (χ3n) is 2.51. The first-order valence-corrected chi connectivity index (χ1v) is 7.11. The van der Waals surface area contributed by atoms with Crippen LogP contribution in [0.2, 0.25) is 0 Å². The lowest BCUT2D eigenvalue weighted by Gasteiger charge is -2.06. The lowest BCUT2D eigenvalue weighted by atomic mass is 10.2. The minimum atomic E-state index is -3.68. The molecule has 18 heavy (non-hydrogen) atoms. The van der Waals surface area contributed by atoms with Gasteiger partial charge in [-0.3, -0.25) is 9.18 Å². The molecule has 0 bridgehead atoms. The average molecular weight is 269 g/mol. The van der Waals surface area contributed by atoms with Gasteiger partial charge in [0.15, 0.2) is 5.90 Å². The molecule has 5 nitrogen and oxygen atoms in total. The summed E-state index contributed by atoms with van der Waals surface area (Å²) in [5.41, 5.74) is 1.00. The van der Waals surface area contributed by atoms with E-state index in [-0.39, 0.29) is 11.5 Å². The summed E-state index contributed by atoms with van der Waals surface area (Å²) in [5, 5.41) is 0. The molecule has 0 aromatic heterocycles. The van der Waals surface area contributed by atoms with Crippen LogP contribution in [0, 0.1) is 6.92 Å². The number of aryl methyl sites for hydroxylation is 1. The van der Waals surface area contributed by atoms with Crippen molar-refractivity contribution in [3.63, 3.8) is 0 Å². The number of benzene rings is 1. The van der Waals surface area contributed by atoms with Crippen LogP contribution in [-0.4, -0.2) is 34.1 Å². The van der Waals surface area contributed by atoms with Gasteiger partial charge in [-0.15, -0.1) is 0 Å². The van der Waals surface area contributed by atoms with Crippen molar-refractivity contribution < 1.29 is 17.3 Å². The Morgan fingerprint density at radius 1 is 1.33 bits per heavy atom. The molecular weight excluding hydrogens is 254 g/mol. The van der Waals surface area contributed by atoms with Gasteiger partial charge in [-0.05, 0) is 19.1 Å². The molecule has 0 atom stereocenters. The van der Waals surface area contributed by atoms with Crippen LogP contribution in [0.25, 0.3) is 0 Å². The van der Waals surface area contributed by atoms with E-state index in [0.717, 1.165) is 5.56 Å². The van der Waals surface area contributed by atoms with Gasteiger partial charge in [0.2, 0.25) is 0 Å². The van der Waals surface area contributed by atoms with Crippen molar-refractivity contribution in [3.05, 3.63) is 29.8 Å². The van der Waals surface area contributed by atoms with E-state index in [0.29, 0.717) is 25.5 Å². The maximum absolute atomic E-state index is 11.8. The SMILES string of the molecule is Cc1ccc(S(=O)(=O)OCCC2=NCCO2)cc1. The summed E-state index contributed by atoms with van der Waals surface area (Å²) in [6, 6.07) is 6.54. The van der Waals surface area contributed by atoms with Crippen LogP contribution in [0.3, 0.4) is 0 Å². The van der Waals surface area contributed by atoms with Crippen molar-refractivity contribution in [1.82, 2.24) is 0 Å². The van der Waals surface area contributed by atoms with Crippen LogP contribution in [-0.2, 0) is 19.0 Å². The first-order valence-electron chi connectivity index (χ1n) is 5.70. The number of hydrogen-bond acceptors (Lipinski definition) is 5. The fraction of sp³-hybridized carbons (Fsp3) is 0.417. The topological polar surface area (TPSA) is 65.0 Å². The van der Waals surface area contributed by atoms with Gasteiger partial charge >= 0.3 is 0 Å². The molecule has 0 amide bonds. The maximum Gasteiger partial charge on any atom is 0.296 e. The lowest BCUT2D eigenvalue weighted by molar-refractivity contribution is 0.299. The van der Waals surface area contributed by atoms with E-state index >= 15 is 0 Å². The Balaban J connectivity index is 1.92. The Hall–Kier alpha value is -1.40. The molecular formula is C12H15NO4S. The van der Waals surface area contributed by atoms with Gasteiger partial charge < -0.3 is 4.74 Å². The number of rotatable bonds is 5. The number of ether oxygens (including phenoxy) is 1. The average Bonchev–Trinajstić information content (AvgIpc) is 2.82. The second kappa shape index (κ2) is 5.49. The molecule has 98 valence electrons. The van der Waals surface area contributed by atoms with Crippen molar-refractivity contribution in [1.29, 1.82) is 0 Å². The van der Waals surface area contributed by atoms with Gasteiger partial charge in [0.25, 0.3) is 10.1 Å². The highest BCUT2D eigenvalue weighted by Crippen LogP contribution is 2.13. The van der Waals surface area contributed by atoms with Gasteiger partial charge in [-0.25, -0.2) is 0 Å². The highest BCUT2D eigenvalue weighted by molar-refractivity contribution is 7.86. The molecule has 0 aliphatic carbocycles. The first kappa shape index (κ1) is 13.0. The molecule has 2 rings (SSSR count). The van der Waals surface area contributed by atoms with Crippen LogP contribution in [0.1, 0.15) is 12.0 Å². The minimum absolute atomic E-state index is 0.0506. The van der Waals surface area contributed by atoms with E-state index in [1.54, 1.807) is 12.1 Å². The highest BCUT2D eigenvalue weighted by Gasteiger charge is 2.16. The van der Waals surface area contributed by atoms with Crippen LogP contribution in [0.15, 0.2) is 34.2 Å². The fourth-order valence-corrected chi connectivity index (χ4v) is 2.45. The molecule has 1 aliphatic heterocycles. The Morgan fingerprint density at radius 3 is 2.67 bits per heavy atom. The molecule has 6 heteroatoms. The summed E-state index contributed by atoms with van der Waals surface area (Å²) in [6.07, 6.45) is 0.380. The molecule has 0 saturated carbocycles. The predicted molar refractivity (Wildman–Crippen MR) is 67.2 cm³/mol. The minimum Gasteiger partial charge on any atom is -0.479 e. The smallest absolute Gasteiger partial charge is 0.296 e. The second-order valence-electron chi connectivity index (χ2n) is 3.96. The Kier molecular flexibility index (Phi) is 3.98. The number of hydrogen-bond donors (Lipinski definition) is 0. The zero-order valence-electron chi connectivity index (χ0n) is 10.1. The van der Waals surface area contributed by atoms with E-state index < -0.39 is 10.1 Å². The fourth-order valence-electron chi connectivity index (χ4n) is 1.54. The monoisotopic (exact) mass is 269 g/mol. The van der Waals surface area contributed by atoms with Gasteiger partial charge in [0, 0.05) is 6.42 Å². The van der Waals surface area contributed by atoms with Crippen LogP contribution in [0.5, 0.6) is 0 Å². The Labute approximate surface area is 107 Å². The Morgan fingerprint density at radius 2 is 2.06 bits per heavy atom. The van der Waals surface area contributed by atoms with Crippen molar-refractivity contribution in [3.8, 4) is 0 Å². The van der Waals surface area contributed by atoms with E-state index in [9.17, 15) is 8.42 Å². The summed E-state index contributed by atoms with van der Waals surface area (Å²) in [5.74, 6) is 0.564. The molecule has 0 N–H and O–H groups in total. The summed E-state index contributed by atoms with van der Waals surface area (Å²) in [4.78, 5) is 4.23. The normalized spacial score (nSPS) is 15.3. The molecule has 0 spiro atoms. The van der Waals surface area contributed by atoms with Gasteiger partial charge in [-0.1, -0.05) is 17.7 Å². The Bertz CT molecular complexity index is 534. The predicted octanol–water partition coefficient (Wildman–Crippen LogP) is 1.52. The number of aliphatic imine (C=N–C) groups is 1.